The largest absolute Gasteiger partial charge is 0.502 e. The summed E-state index contributed by atoms with van der Waals surface area (Å²) in [6.07, 6.45) is 0. The molecule has 1 radical (unpaired) electrons. The van der Waals surface area contributed by atoms with Crippen LogP contribution in [-0.4, -0.2) is 30.6 Å². The molecule has 0 rings (SSSR count). The minimum absolute atomic E-state index is 0.575. The number of rotatable bonds is 4. The first kappa shape index (κ1) is 7.72. The highest BCUT2D eigenvalue weighted by atomic mass is 28.1. The van der Waals surface area contributed by atoms with Crippen LogP contribution < -0.4 is 0 Å². The SMILES string of the molecule is [CH]=C([SiH3])OCCOC. The molecule has 0 aliphatic rings. The fraction of sp³-hybridized carbons (Fsp3) is 0.600. The van der Waals surface area contributed by atoms with E-state index in [9.17, 15) is 0 Å². The molecule has 0 atom stereocenters. The van der Waals surface area contributed by atoms with Gasteiger partial charge in [-0.25, -0.2) is 0 Å². The third kappa shape index (κ3) is 5.72. The van der Waals surface area contributed by atoms with Crippen LogP contribution in [0.25, 0.3) is 0 Å². The number of hydrogen-bond acceptors (Lipinski definition) is 2. The molecule has 0 saturated heterocycles. The van der Waals surface area contributed by atoms with E-state index in [-0.39, 0.29) is 0 Å². The van der Waals surface area contributed by atoms with E-state index in [1.54, 1.807) is 7.11 Å². The van der Waals surface area contributed by atoms with Gasteiger partial charge in [-0.1, -0.05) is 0 Å². The predicted octanol–water partition coefficient (Wildman–Crippen LogP) is -0.711. The molecule has 0 aromatic heterocycles. The van der Waals surface area contributed by atoms with Gasteiger partial charge in [-0.3, -0.25) is 0 Å². The van der Waals surface area contributed by atoms with Crippen LogP contribution in [0.15, 0.2) is 5.38 Å². The first-order valence-electron chi connectivity index (χ1n) is 2.48. The molecule has 0 aliphatic carbocycles. The van der Waals surface area contributed by atoms with E-state index >= 15 is 0 Å². The highest BCUT2D eigenvalue weighted by Gasteiger charge is 1.82. The van der Waals surface area contributed by atoms with Gasteiger partial charge in [-0.2, -0.15) is 0 Å². The molecule has 0 spiro atoms. The van der Waals surface area contributed by atoms with Gasteiger partial charge in [0, 0.05) is 7.11 Å². The van der Waals surface area contributed by atoms with E-state index in [0.717, 1.165) is 10.2 Å². The summed E-state index contributed by atoms with van der Waals surface area (Å²) in [5.74, 6) is 0. The summed E-state index contributed by atoms with van der Waals surface area (Å²) < 4.78 is 9.63. The van der Waals surface area contributed by atoms with Crippen molar-refractivity contribution in [1.82, 2.24) is 0 Å². The Morgan fingerprint density at radius 1 is 1.62 bits per heavy atom. The predicted molar refractivity (Wildman–Crippen MR) is 35.6 cm³/mol. The molecule has 0 aromatic rings. The number of ether oxygens (including phenoxy) is 2. The van der Waals surface area contributed by atoms with Crippen molar-refractivity contribution in [3.05, 3.63) is 12.0 Å². The van der Waals surface area contributed by atoms with Gasteiger partial charge >= 0.3 is 0 Å². The van der Waals surface area contributed by atoms with Crippen molar-refractivity contribution < 1.29 is 9.47 Å². The van der Waals surface area contributed by atoms with Crippen LogP contribution in [-0.2, 0) is 9.47 Å². The molecule has 8 heavy (non-hydrogen) atoms. The monoisotopic (exact) mass is 131 g/mol. The Morgan fingerprint density at radius 2 is 2.25 bits per heavy atom. The van der Waals surface area contributed by atoms with Crippen molar-refractivity contribution in [3.8, 4) is 0 Å². The maximum atomic E-state index is 5.23. The zero-order valence-corrected chi connectivity index (χ0v) is 7.31. The van der Waals surface area contributed by atoms with E-state index in [1.807, 2.05) is 0 Å². The maximum Gasteiger partial charge on any atom is 0.110 e. The normalized spacial score (nSPS) is 9.12. The molecule has 3 heteroatoms. The van der Waals surface area contributed by atoms with Crippen LogP contribution in [0.1, 0.15) is 0 Å². The lowest BCUT2D eigenvalue weighted by atomic mass is 10.8. The van der Waals surface area contributed by atoms with Gasteiger partial charge in [-0.15, -0.1) is 0 Å². The Bertz CT molecular complexity index is 72.8. The second kappa shape index (κ2) is 4.87. The van der Waals surface area contributed by atoms with E-state index < -0.39 is 0 Å². The van der Waals surface area contributed by atoms with E-state index in [0.29, 0.717) is 18.6 Å². The highest BCUT2D eigenvalue weighted by Crippen LogP contribution is 1.82. The van der Waals surface area contributed by atoms with Crippen LogP contribution in [0.3, 0.4) is 0 Å². The lowest BCUT2D eigenvalue weighted by molar-refractivity contribution is 0.119. The van der Waals surface area contributed by atoms with Gasteiger partial charge < -0.3 is 9.47 Å². The summed E-state index contributed by atoms with van der Waals surface area (Å²) >= 11 is 0. The first-order chi connectivity index (χ1) is 3.77. The Kier molecular flexibility index (Phi) is 4.69. The summed E-state index contributed by atoms with van der Waals surface area (Å²) in [5, 5.41) is 0.627. The Labute approximate surface area is 52.9 Å². The summed E-state index contributed by atoms with van der Waals surface area (Å²) in [7, 11) is 2.43. The molecule has 0 N–H and O–H groups in total. The van der Waals surface area contributed by atoms with Gasteiger partial charge in [-0.05, 0) is 6.58 Å². The molecular formula is C5H11O2Si. The molecule has 0 fully saturated rings. The van der Waals surface area contributed by atoms with E-state index in [1.165, 1.54) is 0 Å². The molecular weight excluding hydrogens is 120 g/mol. The van der Waals surface area contributed by atoms with Crippen LogP contribution >= 0.6 is 0 Å². The van der Waals surface area contributed by atoms with Crippen molar-refractivity contribution in [1.29, 1.82) is 0 Å². The minimum atomic E-state index is 0.575. The summed E-state index contributed by atoms with van der Waals surface area (Å²) in [6, 6.07) is 0. The second-order valence-corrected chi connectivity index (χ2v) is 2.44. The van der Waals surface area contributed by atoms with Gasteiger partial charge in [0.2, 0.25) is 0 Å². The van der Waals surface area contributed by atoms with Gasteiger partial charge in [0.25, 0.3) is 0 Å². The lowest BCUT2D eigenvalue weighted by Gasteiger charge is -2.01. The quantitative estimate of drug-likeness (QED) is 0.285. The average Bonchev–Trinajstić information content (AvgIpc) is 1.66. The standard InChI is InChI=1S/C5H11O2Si/c1-5(8)7-4-3-6-2/h1H,3-4H2,2,8H3. The molecule has 0 amide bonds. The van der Waals surface area contributed by atoms with Gasteiger partial charge in [0.05, 0.1) is 22.2 Å². The Balaban J connectivity index is 2.82. The Hall–Kier alpha value is -0.283. The zero-order valence-electron chi connectivity index (χ0n) is 5.31. The topological polar surface area (TPSA) is 18.5 Å². The minimum Gasteiger partial charge on any atom is -0.502 e. The molecule has 0 unspecified atom stereocenters. The maximum absolute atomic E-state index is 5.23. The zero-order chi connectivity index (χ0) is 6.41. The van der Waals surface area contributed by atoms with Crippen molar-refractivity contribution in [3.63, 3.8) is 0 Å². The van der Waals surface area contributed by atoms with Crippen molar-refractivity contribution in [2.45, 2.75) is 0 Å². The molecule has 47 valence electrons. The summed E-state index contributed by atoms with van der Waals surface area (Å²) in [6.45, 7) is 6.42. The molecule has 0 aliphatic heterocycles. The van der Waals surface area contributed by atoms with Crippen LogP contribution in [0, 0.1) is 6.58 Å². The van der Waals surface area contributed by atoms with E-state index in [2.05, 4.69) is 0 Å². The van der Waals surface area contributed by atoms with Gasteiger partial charge in [0.15, 0.2) is 0 Å². The Morgan fingerprint density at radius 3 is 2.62 bits per heavy atom. The smallest absolute Gasteiger partial charge is 0.110 e. The second-order valence-electron chi connectivity index (χ2n) is 1.45. The number of hydrogen-bond donors (Lipinski definition) is 0. The van der Waals surface area contributed by atoms with Gasteiger partial charge in [0.1, 0.15) is 6.61 Å². The summed E-state index contributed by atoms with van der Waals surface area (Å²) in [4.78, 5) is 0. The number of methoxy groups -OCH3 is 1. The highest BCUT2D eigenvalue weighted by molar-refractivity contribution is 6.19. The third-order valence-electron chi connectivity index (χ3n) is 0.617. The van der Waals surface area contributed by atoms with Crippen LogP contribution in [0.5, 0.6) is 0 Å². The molecule has 2 nitrogen and oxygen atoms in total. The van der Waals surface area contributed by atoms with Crippen LogP contribution in [0.4, 0.5) is 0 Å². The first-order valence-corrected chi connectivity index (χ1v) is 3.48. The molecule has 0 aromatic carbocycles. The van der Waals surface area contributed by atoms with E-state index in [4.69, 9.17) is 16.1 Å². The average molecular weight is 131 g/mol. The molecule has 0 saturated carbocycles. The fourth-order valence-electron chi connectivity index (χ4n) is 0.286. The summed E-state index contributed by atoms with van der Waals surface area (Å²) in [5.41, 5.74) is 0. The van der Waals surface area contributed by atoms with Crippen molar-refractivity contribution >= 4 is 10.2 Å². The van der Waals surface area contributed by atoms with Crippen molar-refractivity contribution in [2.75, 3.05) is 20.3 Å². The molecule has 0 heterocycles. The van der Waals surface area contributed by atoms with Crippen molar-refractivity contribution in [2.24, 2.45) is 0 Å². The molecule has 0 bridgehead atoms. The van der Waals surface area contributed by atoms with Crippen LogP contribution in [0.2, 0.25) is 0 Å². The third-order valence-corrected chi connectivity index (χ3v) is 0.906. The lowest BCUT2D eigenvalue weighted by Crippen LogP contribution is -2.00. The fourth-order valence-corrected chi connectivity index (χ4v) is 0.490.